The van der Waals surface area contributed by atoms with E-state index in [0.29, 0.717) is 17.3 Å². The monoisotopic (exact) mass is 240 g/mol. The van der Waals surface area contributed by atoms with Crippen LogP contribution in [-0.2, 0) is 5.75 Å². The number of hydrogen-bond donors (Lipinski definition) is 0. The fraction of sp³-hybridized carbons (Fsp3) is 0.182. The summed E-state index contributed by atoms with van der Waals surface area (Å²) in [7, 11) is 0. The standard InChI is InChI=1S/C11H9FO3S/c1-7-10(15-11(13)14-7)6-16-9-4-2-8(12)3-5-9/h2-5H,6H2,1H3. The molecule has 0 spiro atoms. The largest absolute Gasteiger partial charge is 0.519 e. The molecule has 1 aromatic carbocycles. The Kier molecular flexibility index (Phi) is 3.14. The molecular weight excluding hydrogens is 231 g/mol. The van der Waals surface area contributed by atoms with Gasteiger partial charge in [-0.25, -0.2) is 9.18 Å². The second kappa shape index (κ2) is 4.57. The fourth-order valence-corrected chi connectivity index (χ4v) is 2.07. The molecule has 0 N–H and O–H groups in total. The summed E-state index contributed by atoms with van der Waals surface area (Å²) < 4.78 is 22.2. The Balaban J connectivity index is 2.05. The predicted molar refractivity (Wildman–Crippen MR) is 57.9 cm³/mol. The van der Waals surface area contributed by atoms with E-state index < -0.39 is 5.82 Å². The molecule has 2 aromatic rings. The summed E-state index contributed by atoms with van der Waals surface area (Å²) >= 11 is 1.45. The summed E-state index contributed by atoms with van der Waals surface area (Å²) in [4.78, 5) is 11.7. The van der Waals surface area contributed by atoms with Crippen LogP contribution < -0.4 is 5.82 Å². The average molecular weight is 240 g/mol. The Morgan fingerprint density at radius 2 is 1.94 bits per heavy atom. The minimum Gasteiger partial charge on any atom is -0.396 e. The summed E-state index contributed by atoms with van der Waals surface area (Å²) in [6, 6.07) is 6.13. The van der Waals surface area contributed by atoms with E-state index in [1.165, 1.54) is 23.9 Å². The van der Waals surface area contributed by atoms with Gasteiger partial charge in [-0.3, -0.25) is 0 Å². The first-order valence-electron chi connectivity index (χ1n) is 4.63. The molecule has 0 unspecified atom stereocenters. The molecule has 84 valence electrons. The molecule has 1 heterocycles. The molecule has 0 amide bonds. The first-order valence-corrected chi connectivity index (χ1v) is 5.61. The van der Waals surface area contributed by atoms with Crippen LogP contribution in [0.3, 0.4) is 0 Å². The number of thioether (sulfide) groups is 1. The Labute approximate surface area is 95.3 Å². The molecule has 16 heavy (non-hydrogen) atoms. The average Bonchev–Trinajstić information content (AvgIpc) is 2.57. The Bertz CT molecular complexity index is 527. The molecule has 0 radical (unpaired) electrons. The van der Waals surface area contributed by atoms with Gasteiger partial charge in [-0.15, -0.1) is 11.8 Å². The Hall–Kier alpha value is -1.49. The van der Waals surface area contributed by atoms with Crippen molar-refractivity contribution >= 4 is 11.8 Å². The predicted octanol–water partition coefficient (Wildman–Crippen LogP) is 2.97. The molecule has 0 saturated heterocycles. The maximum atomic E-state index is 12.6. The first-order chi connectivity index (χ1) is 7.65. The smallest absolute Gasteiger partial charge is 0.396 e. The molecular formula is C11H9FO3S. The van der Waals surface area contributed by atoms with Crippen molar-refractivity contribution in [2.24, 2.45) is 0 Å². The van der Waals surface area contributed by atoms with Crippen molar-refractivity contribution < 1.29 is 13.2 Å². The summed E-state index contributed by atoms with van der Waals surface area (Å²) in [5.74, 6) is 0.532. The van der Waals surface area contributed by atoms with E-state index >= 15 is 0 Å². The van der Waals surface area contributed by atoms with E-state index in [-0.39, 0.29) is 5.82 Å². The Morgan fingerprint density at radius 3 is 2.50 bits per heavy atom. The molecule has 5 heteroatoms. The van der Waals surface area contributed by atoms with Gasteiger partial charge < -0.3 is 8.83 Å². The van der Waals surface area contributed by atoms with E-state index in [4.69, 9.17) is 8.83 Å². The van der Waals surface area contributed by atoms with Crippen molar-refractivity contribution in [3.8, 4) is 0 Å². The van der Waals surface area contributed by atoms with Gasteiger partial charge in [-0.1, -0.05) is 0 Å². The minimum atomic E-state index is -0.688. The lowest BCUT2D eigenvalue weighted by atomic mass is 10.4. The van der Waals surface area contributed by atoms with E-state index in [1.807, 2.05) is 0 Å². The lowest BCUT2D eigenvalue weighted by Crippen LogP contribution is -1.86. The van der Waals surface area contributed by atoms with E-state index in [1.54, 1.807) is 19.1 Å². The maximum absolute atomic E-state index is 12.6. The topological polar surface area (TPSA) is 43.4 Å². The van der Waals surface area contributed by atoms with Gasteiger partial charge in [-0.05, 0) is 31.2 Å². The first kappa shape index (κ1) is 11.0. The number of halogens is 1. The number of hydrogen-bond acceptors (Lipinski definition) is 4. The third kappa shape index (κ3) is 2.55. The van der Waals surface area contributed by atoms with Gasteiger partial charge in [0, 0.05) is 4.90 Å². The van der Waals surface area contributed by atoms with Crippen LogP contribution in [-0.4, -0.2) is 0 Å². The van der Waals surface area contributed by atoms with Gasteiger partial charge >= 0.3 is 5.82 Å². The number of aryl methyl sites for hydroxylation is 1. The highest BCUT2D eigenvalue weighted by molar-refractivity contribution is 7.98. The molecule has 0 aliphatic heterocycles. The summed E-state index contributed by atoms with van der Waals surface area (Å²) in [6.07, 6.45) is 0. The highest BCUT2D eigenvalue weighted by Gasteiger charge is 2.08. The van der Waals surface area contributed by atoms with Gasteiger partial charge in [0.15, 0.2) is 5.76 Å². The summed E-state index contributed by atoms with van der Waals surface area (Å²) in [5.41, 5.74) is 0. The molecule has 0 aliphatic carbocycles. The van der Waals surface area contributed by atoms with Crippen LogP contribution in [0.4, 0.5) is 4.39 Å². The van der Waals surface area contributed by atoms with Crippen molar-refractivity contribution in [1.82, 2.24) is 0 Å². The second-order valence-corrected chi connectivity index (χ2v) is 4.22. The Morgan fingerprint density at radius 1 is 1.25 bits per heavy atom. The van der Waals surface area contributed by atoms with Gasteiger partial charge in [0.1, 0.15) is 11.6 Å². The van der Waals surface area contributed by atoms with Crippen molar-refractivity contribution in [2.45, 2.75) is 17.6 Å². The van der Waals surface area contributed by atoms with Gasteiger partial charge in [-0.2, -0.15) is 0 Å². The van der Waals surface area contributed by atoms with Gasteiger partial charge in [0.2, 0.25) is 0 Å². The van der Waals surface area contributed by atoms with E-state index in [9.17, 15) is 9.18 Å². The molecule has 0 aliphatic rings. The molecule has 2 rings (SSSR count). The van der Waals surface area contributed by atoms with Crippen LogP contribution in [0.2, 0.25) is 0 Å². The third-order valence-corrected chi connectivity index (χ3v) is 3.03. The maximum Gasteiger partial charge on any atom is 0.519 e. The van der Waals surface area contributed by atoms with Crippen molar-refractivity contribution in [2.75, 3.05) is 0 Å². The second-order valence-electron chi connectivity index (χ2n) is 3.18. The van der Waals surface area contributed by atoms with Gasteiger partial charge in [0.05, 0.1) is 5.75 Å². The van der Waals surface area contributed by atoms with Crippen LogP contribution in [0, 0.1) is 12.7 Å². The van der Waals surface area contributed by atoms with Crippen LogP contribution >= 0.6 is 11.8 Å². The number of rotatable bonds is 3. The number of benzene rings is 1. The zero-order valence-electron chi connectivity index (χ0n) is 8.53. The fourth-order valence-electron chi connectivity index (χ4n) is 1.19. The van der Waals surface area contributed by atoms with Crippen LogP contribution in [0.25, 0.3) is 0 Å². The highest BCUT2D eigenvalue weighted by atomic mass is 32.2. The van der Waals surface area contributed by atoms with Gasteiger partial charge in [0.25, 0.3) is 0 Å². The van der Waals surface area contributed by atoms with Crippen molar-refractivity contribution in [3.63, 3.8) is 0 Å². The minimum absolute atomic E-state index is 0.268. The van der Waals surface area contributed by atoms with E-state index in [2.05, 4.69) is 0 Å². The van der Waals surface area contributed by atoms with Crippen LogP contribution in [0.15, 0.2) is 42.8 Å². The van der Waals surface area contributed by atoms with E-state index in [0.717, 1.165) is 4.90 Å². The lowest BCUT2D eigenvalue weighted by Gasteiger charge is -1.98. The summed E-state index contributed by atoms with van der Waals surface area (Å²) in [6.45, 7) is 1.67. The molecule has 0 saturated carbocycles. The zero-order valence-corrected chi connectivity index (χ0v) is 9.34. The molecule has 0 fully saturated rings. The van der Waals surface area contributed by atoms with Crippen molar-refractivity contribution in [3.05, 3.63) is 52.2 Å². The SMILES string of the molecule is Cc1oc(=O)oc1CSc1ccc(F)cc1. The molecule has 0 bridgehead atoms. The van der Waals surface area contributed by atoms with Crippen molar-refractivity contribution in [1.29, 1.82) is 0 Å². The molecule has 0 atom stereocenters. The normalized spacial score (nSPS) is 10.6. The molecule has 3 nitrogen and oxygen atoms in total. The van der Waals surface area contributed by atoms with Crippen LogP contribution in [0.5, 0.6) is 0 Å². The quantitative estimate of drug-likeness (QED) is 0.773. The zero-order chi connectivity index (χ0) is 11.5. The lowest BCUT2D eigenvalue weighted by molar-refractivity contribution is 0.372. The molecule has 1 aromatic heterocycles. The summed E-state index contributed by atoms with van der Waals surface area (Å²) in [5, 5.41) is 0. The third-order valence-electron chi connectivity index (χ3n) is 2.02. The highest BCUT2D eigenvalue weighted by Crippen LogP contribution is 2.23. The van der Waals surface area contributed by atoms with Crippen LogP contribution in [0.1, 0.15) is 11.5 Å².